The second-order valence-electron chi connectivity index (χ2n) is 1.13. The summed E-state index contributed by atoms with van der Waals surface area (Å²) >= 11 is 0. The first-order valence-corrected chi connectivity index (χ1v) is 2.77. The standard InChI is InChI=1S/C4H10O.BH3O3/c1-3-5-4-2;2-1(3)4/h3-4H2,1-2H3;2-4H. The van der Waals surface area contributed by atoms with Crippen molar-refractivity contribution in [1.29, 1.82) is 0 Å². The summed E-state index contributed by atoms with van der Waals surface area (Å²) in [5.41, 5.74) is 0. The molecule has 0 unspecified atom stereocenters. The molecule has 0 rings (SSSR count). The van der Waals surface area contributed by atoms with Crippen LogP contribution in [-0.4, -0.2) is 35.6 Å². The van der Waals surface area contributed by atoms with E-state index in [9.17, 15) is 0 Å². The molecule has 0 aliphatic carbocycles. The Morgan fingerprint density at radius 3 is 1.33 bits per heavy atom. The molecule has 0 radical (unpaired) electrons. The second kappa shape index (κ2) is 10.8. The van der Waals surface area contributed by atoms with Crippen LogP contribution in [0.5, 0.6) is 0 Å². The zero-order chi connectivity index (χ0) is 7.70. The van der Waals surface area contributed by atoms with Crippen LogP contribution in [0, 0.1) is 0 Å². The van der Waals surface area contributed by atoms with Gasteiger partial charge in [-0.25, -0.2) is 0 Å². The third kappa shape index (κ3) is 76.0. The molecule has 56 valence electrons. The van der Waals surface area contributed by atoms with Gasteiger partial charge in [0.1, 0.15) is 0 Å². The average Bonchev–Trinajstić information content (AvgIpc) is 1.66. The van der Waals surface area contributed by atoms with E-state index in [1.807, 2.05) is 13.8 Å². The van der Waals surface area contributed by atoms with E-state index < -0.39 is 7.32 Å². The monoisotopic (exact) mass is 136 g/mol. The van der Waals surface area contributed by atoms with E-state index in [0.717, 1.165) is 13.2 Å². The average molecular weight is 136 g/mol. The summed E-state index contributed by atoms with van der Waals surface area (Å²) in [5, 5.41) is 21.5. The van der Waals surface area contributed by atoms with Crippen molar-refractivity contribution in [2.75, 3.05) is 13.2 Å². The van der Waals surface area contributed by atoms with E-state index in [4.69, 9.17) is 19.8 Å². The lowest BCUT2D eigenvalue weighted by atomic mass is 10.3. The first kappa shape index (κ1) is 11.7. The predicted octanol–water partition coefficient (Wildman–Crippen LogP) is -1.01. The van der Waals surface area contributed by atoms with Gasteiger partial charge in [-0.1, -0.05) is 0 Å². The Kier molecular flexibility index (Phi) is 14.0. The van der Waals surface area contributed by atoms with Crippen LogP contribution < -0.4 is 0 Å². The van der Waals surface area contributed by atoms with Gasteiger partial charge in [-0.05, 0) is 13.8 Å². The van der Waals surface area contributed by atoms with E-state index in [-0.39, 0.29) is 0 Å². The fourth-order valence-corrected chi connectivity index (χ4v) is 0.204. The molecule has 0 amide bonds. The minimum Gasteiger partial charge on any atom is -0.402 e. The summed E-state index contributed by atoms with van der Waals surface area (Å²) in [4.78, 5) is 0. The van der Waals surface area contributed by atoms with Crippen LogP contribution in [-0.2, 0) is 4.74 Å². The van der Waals surface area contributed by atoms with E-state index in [0.29, 0.717) is 0 Å². The quantitative estimate of drug-likeness (QED) is 0.425. The van der Waals surface area contributed by atoms with Crippen LogP contribution in [0.15, 0.2) is 0 Å². The summed E-state index contributed by atoms with van der Waals surface area (Å²) in [6.07, 6.45) is 0. The van der Waals surface area contributed by atoms with Gasteiger partial charge in [0.05, 0.1) is 0 Å². The molecule has 0 aliphatic heterocycles. The third-order valence-corrected chi connectivity index (χ3v) is 0.408. The largest absolute Gasteiger partial charge is 0.631 e. The smallest absolute Gasteiger partial charge is 0.402 e. The van der Waals surface area contributed by atoms with Gasteiger partial charge in [-0.3, -0.25) is 0 Å². The molecule has 4 nitrogen and oxygen atoms in total. The van der Waals surface area contributed by atoms with Crippen molar-refractivity contribution >= 4 is 7.32 Å². The molecule has 0 aromatic heterocycles. The Hall–Kier alpha value is -0.0951. The van der Waals surface area contributed by atoms with Crippen LogP contribution in [0.25, 0.3) is 0 Å². The van der Waals surface area contributed by atoms with Crippen molar-refractivity contribution < 1.29 is 19.8 Å². The van der Waals surface area contributed by atoms with Crippen LogP contribution in [0.2, 0.25) is 0 Å². The van der Waals surface area contributed by atoms with Crippen molar-refractivity contribution in [2.24, 2.45) is 0 Å². The highest BCUT2D eigenvalue weighted by atomic mass is 16.5. The molecular weight excluding hydrogens is 123 g/mol. The van der Waals surface area contributed by atoms with Gasteiger partial charge in [-0.2, -0.15) is 0 Å². The van der Waals surface area contributed by atoms with Gasteiger partial charge in [0.2, 0.25) is 0 Å². The van der Waals surface area contributed by atoms with Crippen LogP contribution >= 0.6 is 0 Å². The van der Waals surface area contributed by atoms with Crippen LogP contribution in [0.4, 0.5) is 0 Å². The molecule has 9 heavy (non-hydrogen) atoms. The Balaban J connectivity index is 0. The highest BCUT2D eigenvalue weighted by molar-refractivity contribution is 6.30. The normalized spacial score (nSPS) is 7.67. The van der Waals surface area contributed by atoms with Crippen molar-refractivity contribution in [3.8, 4) is 0 Å². The molecule has 0 atom stereocenters. The zero-order valence-corrected chi connectivity index (χ0v) is 5.74. The molecule has 0 bridgehead atoms. The van der Waals surface area contributed by atoms with Crippen LogP contribution in [0.1, 0.15) is 13.8 Å². The van der Waals surface area contributed by atoms with Crippen molar-refractivity contribution in [2.45, 2.75) is 13.8 Å². The van der Waals surface area contributed by atoms with Gasteiger partial charge in [0, 0.05) is 13.2 Å². The van der Waals surface area contributed by atoms with Gasteiger partial charge < -0.3 is 19.8 Å². The molecule has 5 heteroatoms. The van der Waals surface area contributed by atoms with E-state index in [1.165, 1.54) is 0 Å². The molecule has 0 heterocycles. The Morgan fingerprint density at radius 2 is 1.33 bits per heavy atom. The summed E-state index contributed by atoms with van der Waals surface area (Å²) in [5.74, 6) is 0. The Labute approximate surface area is 55.3 Å². The number of rotatable bonds is 2. The zero-order valence-electron chi connectivity index (χ0n) is 5.74. The van der Waals surface area contributed by atoms with Crippen molar-refractivity contribution in [3.63, 3.8) is 0 Å². The molecule has 0 aliphatic rings. The highest BCUT2D eigenvalue weighted by Gasteiger charge is 1.92. The summed E-state index contributed by atoms with van der Waals surface area (Å²) < 4.78 is 4.83. The van der Waals surface area contributed by atoms with Crippen molar-refractivity contribution in [3.05, 3.63) is 0 Å². The lowest BCUT2D eigenvalue weighted by Gasteiger charge is -1.86. The molecule has 0 saturated carbocycles. The molecule has 3 N–H and O–H groups in total. The predicted molar refractivity (Wildman–Crippen MR) is 34.6 cm³/mol. The third-order valence-electron chi connectivity index (χ3n) is 0.408. The maximum atomic E-state index is 7.17. The minimum atomic E-state index is -2.17. The topological polar surface area (TPSA) is 69.9 Å². The van der Waals surface area contributed by atoms with Crippen LogP contribution in [0.3, 0.4) is 0 Å². The minimum absolute atomic E-state index is 0.844. The fraction of sp³-hybridized carbons (Fsp3) is 1.00. The van der Waals surface area contributed by atoms with E-state index >= 15 is 0 Å². The highest BCUT2D eigenvalue weighted by Crippen LogP contribution is 1.64. The maximum Gasteiger partial charge on any atom is 0.631 e. The summed E-state index contributed by atoms with van der Waals surface area (Å²) in [7, 11) is -2.17. The lowest BCUT2D eigenvalue weighted by Crippen LogP contribution is -2.07. The number of ether oxygens (including phenoxy) is 1. The number of hydrogen-bond donors (Lipinski definition) is 3. The van der Waals surface area contributed by atoms with Gasteiger partial charge in [0.25, 0.3) is 0 Å². The molecule has 0 spiro atoms. The summed E-state index contributed by atoms with van der Waals surface area (Å²) in [6.45, 7) is 5.67. The molecule has 0 aromatic rings. The Morgan fingerprint density at radius 1 is 1.11 bits per heavy atom. The molecule has 0 saturated heterocycles. The molecule has 0 fully saturated rings. The fourth-order valence-electron chi connectivity index (χ4n) is 0.204. The number of hydrogen-bond acceptors (Lipinski definition) is 4. The maximum absolute atomic E-state index is 7.17. The molecular formula is C4H13BO4. The van der Waals surface area contributed by atoms with E-state index in [1.54, 1.807) is 0 Å². The van der Waals surface area contributed by atoms with Crippen molar-refractivity contribution in [1.82, 2.24) is 0 Å². The second-order valence-corrected chi connectivity index (χ2v) is 1.13. The SMILES string of the molecule is CCOCC.OB(O)O. The first-order valence-electron chi connectivity index (χ1n) is 2.77. The lowest BCUT2D eigenvalue weighted by molar-refractivity contribution is 0.162. The molecule has 0 aromatic carbocycles. The van der Waals surface area contributed by atoms with Gasteiger partial charge in [-0.15, -0.1) is 0 Å². The Bertz CT molecular complexity index is 36.8. The van der Waals surface area contributed by atoms with E-state index in [2.05, 4.69) is 0 Å². The van der Waals surface area contributed by atoms with Gasteiger partial charge >= 0.3 is 7.32 Å². The summed E-state index contributed by atoms with van der Waals surface area (Å²) in [6, 6.07) is 0. The first-order chi connectivity index (χ1) is 4.15. The van der Waals surface area contributed by atoms with Gasteiger partial charge in [0.15, 0.2) is 0 Å².